The molecule has 18 heteroatoms. The van der Waals surface area contributed by atoms with Crippen LogP contribution in [0.15, 0.2) is 54.2 Å². The van der Waals surface area contributed by atoms with Crippen molar-refractivity contribution >= 4 is 28.8 Å². The molecule has 0 saturated carbocycles. The number of piperazine rings is 1. The molecule has 1 saturated heterocycles. The molecule has 2 N–H and O–H groups in total. The number of carbonyl (C=O) groups is 2. The zero-order valence-electron chi connectivity index (χ0n) is 22.1. The van der Waals surface area contributed by atoms with Crippen molar-refractivity contribution in [2.45, 2.75) is 24.9 Å². The molecule has 4 aromatic rings. The lowest BCUT2D eigenvalue weighted by Gasteiger charge is -2.38. The number of carboxylic acids is 2. The highest BCUT2D eigenvalue weighted by molar-refractivity contribution is 7.09. The summed E-state index contributed by atoms with van der Waals surface area (Å²) in [6, 6.07) is 10.8. The summed E-state index contributed by atoms with van der Waals surface area (Å²) in [6.07, 6.45) is -6.40. The number of fused-ring (bicyclic) bond motifs is 1. The number of likely N-dealkylation sites (N-methyl/N-ethyl adjacent to an activating group) is 1. The van der Waals surface area contributed by atoms with Gasteiger partial charge in [0.1, 0.15) is 16.5 Å². The van der Waals surface area contributed by atoms with Crippen LogP contribution >= 0.6 is 11.3 Å². The molecular weight excluding hydrogens is 613 g/mol. The molecule has 0 radical (unpaired) electrons. The standard InChI is InChI=1S/C21H21FN6S.2C2HF3O2/c1-26-8-9-27(14-20-23-7-10-29-20)13-19(26)21-18-6-5-16(12-28(18)25-24-21)15-3-2-4-17(22)11-15;2*3-2(4,5)1(6)7/h2-7,10-12,19H,8-9,13-14H2,1H3;2*(H,6,7). The van der Waals surface area contributed by atoms with Gasteiger partial charge in [-0.05, 0) is 30.8 Å². The van der Waals surface area contributed by atoms with Gasteiger partial charge in [0.2, 0.25) is 0 Å². The molecule has 4 heterocycles. The number of pyridine rings is 1. The molecule has 10 nitrogen and oxygen atoms in total. The molecule has 0 spiro atoms. The van der Waals surface area contributed by atoms with Gasteiger partial charge in [0.25, 0.3) is 0 Å². The number of rotatable bonds is 4. The van der Waals surface area contributed by atoms with E-state index in [1.165, 1.54) is 12.1 Å². The van der Waals surface area contributed by atoms with E-state index in [0.29, 0.717) is 0 Å². The topological polar surface area (TPSA) is 124 Å². The molecule has 1 unspecified atom stereocenters. The number of hydrogen-bond donors (Lipinski definition) is 2. The fourth-order valence-electron chi connectivity index (χ4n) is 3.88. The minimum atomic E-state index is -5.08. The molecule has 0 bridgehead atoms. The second kappa shape index (κ2) is 13.9. The normalized spacial score (nSPS) is 16.1. The minimum absolute atomic E-state index is 0.168. The molecule has 1 aromatic carbocycles. The van der Waals surface area contributed by atoms with Gasteiger partial charge >= 0.3 is 24.3 Å². The predicted molar refractivity (Wildman–Crippen MR) is 139 cm³/mol. The summed E-state index contributed by atoms with van der Waals surface area (Å²) >= 11 is 1.69. The molecule has 1 atom stereocenters. The lowest BCUT2D eigenvalue weighted by atomic mass is 10.1. The van der Waals surface area contributed by atoms with Crippen LogP contribution in [0, 0.1) is 5.82 Å². The maximum Gasteiger partial charge on any atom is 0.490 e. The molecule has 232 valence electrons. The Hall–Kier alpha value is -4.16. The highest BCUT2D eigenvalue weighted by atomic mass is 32.1. The van der Waals surface area contributed by atoms with Crippen LogP contribution in [0.5, 0.6) is 0 Å². The van der Waals surface area contributed by atoms with Gasteiger partial charge in [0.05, 0.1) is 18.1 Å². The van der Waals surface area contributed by atoms with Gasteiger partial charge in [0.15, 0.2) is 0 Å². The van der Waals surface area contributed by atoms with Gasteiger partial charge < -0.3 is 10.2 Å². The molecule has 0 amide bonds. The van der Waals surface area contributed by atoms with Crippen molar-refractivity contribution in [3.05, 3.63) is 70.7 Å². The Morgan fingerprint density at radius 3 is 2.21 bits per heavy atom. The van der Waals surface area contributed by atoms with Crippen molar-refractivity contribution < 1.29 is 50.5 Å². The molecule has 1 fully saturated rings. The predicted octanol–water partition coefficient (Wildman–Crippen LogP) is 4.75. The van der Waals surface area contributed by atoms with Gasteiger partial charge in [0, 0.05) is 43.0 Å². The molecule has 1 aliphatic heterocycles. The van der Waals surface area contributed by atoms with Crippen molar-refractivity contribution in [3.8, 4) is 11.1 Å². The highest BCUT2D eigenvalue weighted by Gasteiger charge is 2.39. The van der Waals surface area contributed by atoms with E-state index in [9.17, 15) is 30.7 Å². The number of carboxylic acid groups (broad SMARTS) is 2. The monoisotopic (exact) mass is 636 g/mol. The molecule has 3 aromatic heterocycles. The fourth-order valence-corrected chi connectivity index (χ4v) is 4.54. The van der Waals surface area contributed by atoms with Crippen LogP contribution < -0.4 is 0 Å². The maximum atomic E-state index is 13.6. The van der Waals surface area contributed by atoms with Crippen LogP contribution in [-0.4, -0.2) is 90.8 Å². The third kappa shape index (κ3) is 9.42. The summed E-state index contributed by atoms with van der Waals surface area (Å²) in [7, 11) is 2.14. The summed E-state index contributed by atoms with van der Waals surface area (Å²) < 4.78 is 78.8. The number of alkyl halides is 6. The summed E-state index contributed by atoms with van der Waals surface area (Å²) in [4.78, 5) is 27.0. The SMILES string of the molecule is CN1CCN(Cc2nccs2)CC1c1nnn2cc(-c3cccc(F)c3)ccc12.O=C(O)C(F)(F)F.O=C(O)C(F)(F)F. The Bertz CT molecular complexity index is 1500. The number of halogens is 7. The summed E-state index contributed by atoms with van der Waals surface area (Å²) in [5.41, 5.74) is 3.70. The quantitative estimate of drug-likeness (QED) is 0.306. The summed E-state index contributed by atoms with van der Waals surface area (Å²) in [5, 5.41) is 26.3. The smallest absolute Gasteiger partial charge is 0.475 e. The summed E-state index contributed by atoms with van der Waals surface area (Å²) in [6.45, 7) is 3.73. The van der Waals surface area contributed by atoms with E-state index in [1.54, 1.807) is 21.9 Å². The van der Waals surface area contributed by atoms with Crippen molar-refractivity contribution in [3.63, 3.8) is 0 Å². The highest BCUT2D eigenvalue weighted by Crippen LogP contribution is 2.28. The summed E-state index contributed by atoms with van der Waals surface area (Å²) in [5.74, 6) is -5.76. The number of benzene rings is 1. The van der Waals surface area contributed by atoms with E-state index in [-0.39, 0.29) is 11.9 Å². The van der Waals surface area contributed by atoms with Gasteiger partial charge in [-0.15, -0.1) is 16.4 Å². The van der Waals surface area contributed by atoms with Crippen molar-refractivity contribution in [1.82, 2.24) is 29.6 Å². The molecule has 1 aliphatic rings. The molecule has 43 heavy (non-hydrogen) atoms. The van der Waals surface area contributed by atoms with Gasteiger partial charge in [-0.1, -0.05) is 23.4 Å². The average molecular weight is 637 g/mol. The zero-order valence-corrected chi connectivity index (χ0v) is 22.9. The van der Waals surface area contributed by atoms with Crippen molar-refractivity contribution in [2.24, 2.45) is 0 Å². The van der Waals surface area contributed by atoms with Crippen LogP contribution in [0.25, 0.3) is 16.6 Å². The number of aliphatic carboxylic acids is 2. The first kappa shape index (κ1) is 33.3. The number of nitrogens with zero attached hydrogens (tertiary/aromatic N) is 6. The zero-order chi connectivity index (χ0) is 31.9. The van der Waals surface area contributed by atoms with Crippen LogP contribution in [0.1, 0.15) is 16.7 Å². The van der Waals surface area contributed by atoms with Crippen molar-refractivity contribution in [2.75, 3.05) is 26.7 Å². The Labute approximate surface area is 242 Å². The molecular formula is C25H23F7N6O4S. The second-order valence-corrected chi connectivity index (χ2v) is 9.97. The van der Waals surface area contributed by atoms with E-state index >= 15 is 0 Å². The Kier molecular flexibility index (Phi) is 10.8. The van der Waals surface area contributed by atoms with E-state index in [4.69, 9.17) is 19.8 Å². The third-order valence-corrected chi connectivity index (χ3v) is 6.74. The van der Waals surface area contributed by atoms with E-state index in [1.807, 2.05) is 36.0 Å². The van der Waals surface area contributed by atoms with Crippen LogP contribution in [-0.2, 0) is 16.1 Å². The van der Waals surface area contributed by atoms with Gasteiger partial charge in [-0.2, -0.15) is 26.3 Å². The first-order valence-corrected chi connectivity index (χ1v) is 13.0. The maximum absolute atomic E-state index is 13.6. The molecule has 0 aliphatic carbocycles. The third-order valence-electron chi connectivity index (χ3n) is 5.97. The second-order valence-electron chi connectivity index (χ2n) is 9.00. The van der Waals surface area contributed by atoms with Gasteiger partial charge in [-0.3, -0.25) is 9.80 Å². The number of thiazole rings is 1. The first-order chi connectivity index (χ1) is 20.1. The lowest BCUT2D eigenvalue weighted by Crippen LogP contribution is -2.46. The van der Waals surface area contributed by atoms with Crippen molar-refractivity contribution in [1.29, 1.82) is 0 Å². The van der Waals surface area contributed by atoms with Crippen LogP contribution in [0.3, 0.4) is 0 Å². The van der Waals surface area contributed by atoms with Gasteiger partial charge in [-0.25, -0.2) is 23.5 Å². The number of hydrogen-bond acceptors (Lipinski definition) is 8. The average Bonchev–Trinajstić information content (AvgIpc) is 3.59. The number of aromatic nitrogens is 4. The Balaban J connectivity index is 0.000000303. The van der Waals surface area contributed by atoms with E-state index in [0.717, 1.165) is 53.5 Å². The first-order valence-electron chi connectivity index (χ1n) is 12.1. The fraction of sp³-hybridized carbons (Fsp3) is 0.320. The minimum Gasteiger partial charge on any atom is -0.475 e. The lowest BCUT2D eigenvalue weighted by molar-refractivity contribution is -0.193. The Morgan fingerprint density at radius 2 is 1.65 bits per heavy atom. The Morgan fingerprint density at radius 1 is 1.00 bits per heavy atom. The van der Waals surface area contributed by atoms with Crippen LogP contribution in [0.4, 0.5) is 30.7 Å². The van der Waals surface area contributed by atoms with E-state index < -0.39 is 24.3 Å². The van der Waals surface area contributed by atoms with E-state index in [2.05, 4.69) is 32.1 Å². The molecule has 5 rings (SSSR count). The largest absolute Gasteiger partial charge is 0.490 e. The van der Waals surface area contributed by atoms with Crippen LogP contribution in [0.2, 0.25) is 0 Å².